The summed E-state index contributed by atoms with van der Waals surface area (Å²) in [6.45, 7) is 1.78. The molecule has 1 aromatic heterocycles. The maximum Gasteiger partial charge on any atom is 0.336 e. The maximum atomic E-state index is 11.3. The van der Waals surface area contributed by atoms with Crippen LogP contribution in [0.15, 0.2) is 0 Å². The Labute approximate surface area is 81.9 Å². The standard InChI is InChI=1S/C6H12N4O3S/c1-3-4-14(11,12)10-5-7-6(13-2)9-8-5/h3-4H2,1-2H3,(H2,7,8,9,10). The number of methoxy groups -OCH3 is 1. The van der Waals surface area contributed by atoms with Crippen LogP contribution in [0.25, 0.3) is 0 Å². The highest BCUT2D eigenvalue weighted by Gasteiger charge is 2.11. The van der Waals surface area contributed by atoms with Crippen molar-refractivity contribution in [3.63, 3.8) is 0 Å². The van der Waals surface area contributed by atoms with Gasteiger partial charge in [0.25, 0.3) is 0 Å². The van der Waals surface area contributed by atoms with E-state index < -0.39 is 10.0 Å². The van der Waals surface area contributed by atoms with Crippen molar-refractivity contribution in [2.24, 2.45) is 0 Å². The zero-order valence-corrected chi connectivity index (χ0v) is 8.76. The average molecular weight is 220 g/mol. The van der Waals surface area contributed by atoms with Gasteiger partial charge in [-0.25, -0.2) is 13.5 Å². The first-order valence-electron chi connectivity index (χ1n) is 4.04. The van der Waals surface area contributed by atoms with Crippen LogP contribution >= 0.6 is 0 Å². The molecule has 0 unspecified atom stereocenters. The quantitative estimate of drug-likeness (QED) is 0.726. The summed E-state index contributed by atoms with van der Waals surface area (Å²) in [6, 6.07) is 0.0965. The van der Waals surface area contributed by atoms with E-state index in [9.17, 15) is 8.42 Å². The Morgan fingerprint density at radius 3 is 2.79 bits per heavy atom. The second-order valence-electron chi connectivity index (χ2n) is 2.59. The van der Waals surface area contributed by atoms with Crippen molar-refractivity contribution in [2.75, 3.05) is 17.6 Å². The highest BCUT2D eigenvalue weighted by Crippen LogP contribution is 2.06. The monoisotopic (exact) mass is 220 g/mol. The number of ether oxygens (including phenoxy) is 1. The lowest BCUT2D eigenvalue weighted by Crippen LogP contribution is -2.16. The number of aromatic nitrogens is 3. The minimum atomic E-state index is -3.32. The first-order chi connectivity index (χ1) is 6.57. The largest absolute Gasteiger partial charge is 0.466 e. The fourth-order valence-corrected chi connectivity index (χ4v) is 1.88. The molecule has 0 amide bonds. The predicted molar refractivity (Wildman–Crippen MR) is 50.6 cm³/mol. The lowest BCUT2D eigenvalue weighted by atomic mass is 10.6. The molecule has 0 aliphatic carbocycles. The number of nitrogens with one attached hydrogen (secondary N) is 2. The van der Waals surface area contributed by atoms with Crippen molar-refractivity contribution in [1.29, 1.82) is 0 Å². The van der Waals surface area contributed by atoms with Crippen molar-refractivity contribution < 1.29 is 13.2 Å². The van der Waals surface area contributed by atoms with Crippen molar-refractivity contribution in [2.45, 2.75) is 13.3 Å². The number of hydrogen-bond donors (Lipinski definition) is 2. The summed E-state index contributed by atoms with van der Waals surface area (Å²) in [7, 11) is -1.92. The first-order valence-corrected chi connectivity index (χ1v) is 5.69. The highest BCUT2D eigenvalue weighted by atomic mass is 32.2. The smallest absolute Gasteiger partial charge is 0.336 e. The van der Waals surface area contributed by atoms with Gasteiger partial charge < -0.3 is 4.74 Å². The molecule has 1 heterocycles. The average Bonchev–Trinajstić information content (AvgIpc) is 2.51. The summed E-state index contributed by atoms with van der Waals surface area (Å²) in [6.07, 6.45) is 0.542. The molecule has 14 heavy (non-hydrogen) atoms. The van der Waals surface area contributed by atoms with E-state index in [0.717, 1.165) is 0 Å². The van der Waals surface area contributed by atoms with Crippen LogP contribution in [-0.4, -0.2) is 36.5 Å². The Balaban J connectivity index is 2.69. The third-order valence-corrected chi connectivity index (χ3v) is 2.82. The Bertz CT molecular complexity index is 386. The van der Waals surface area contributed by atoms with Crippen LogP contribution in [0, 0.1) is 0 Å². The van der Waals surface area contributed by atoms with Crippen LogP contribution in [-0.2, 0) is 10.0 Å². The normalized spacial score (nSPS) is 11.3. The molecule has 0 spiro atoms. The SMILES string of the molecule is CCCS(=O)(=O)Nc1nc(OC)n[nH]1. The third kappa shape index (κ3) is 2.87. The molecule has 0 aliphatic heterocycles. The Kier molecular flexibility index (Phi) is 3.28. The minimum Gasteiger partial charge on any atom is -0.466 e. The van der Waals surface area contributed by atoms with Gasteiger partial charge in [-0.05, 0) is 6.42 Å². The van der Waals surface area contributed by atoms with Gasteiger partial charge in [-0.2, -0.15) is 4.98 Å². The van der Waals surface area contributed by atoms with Gasteiger partial charge in [0.2, 0.25) is 16.0 Å². The van der Waals surface area contributed by atoms with E-state index in [0.29, 0.717) is 6.42 Å². The number of hydrogen-bond acceptors (Lipinski definition) is 5. The van der Waals surface area contributed by atoms with Crippen molar-refractivity contribution in [3.8, 4) is 6.01 Å². The third-order valence-electron chi connectivity index (χ3n) is 1.37. The summed E-state index contributed by atoms with van der Waals surface area (Å²) in [5.74, 6) is 0.117. The molecule has 7 nitrogen and oxygen atoms in total. The van der Waals surface area contributed by atoms with Gasteiger partial charge in [-0.15, -0.1) is 5.10 Å². The molecular formula is C6H12N4O3S. The summed E-state index contributed by atoms with van der Waals surface area (Å²) in [5, 5.41) is 5.99. The van der Waals surface area contributed by atoms with Gasteiger partial charge in [-0.1, -0.05) is 6.92 Å². The molecular weight excluding hydrogens is 208 g/mol. The number of aromatic amines is 1. The van der Waals surface area contributed by atoms with E-state index in [1.807, 2.05) is 0 Å². The topological polar surface area (TPSA) is 97.0 Å². The Morgan fingerprint density at radius 1 is 1.57 bits per heavy atom. The minimum absolute atomic E-state index is 0.0516. The van der Waals surface area contributed by atoms with Crippen molar-refractivity contribution in [3.05, 3.63) is 0 Å². The Morgan fingerprint density at radius 2 is 2.29 bits per heavy atom. The molecule has 1 rings (SSSR count). The van der Waals surface area contributed by atoms with Crippen LogP contribution in [0.1, 0.15) is 13.3 Å². The van der Waals surface area contributed by atoms with Crippen LogP contribution in [0.4, 0.5) is 5.95 Å². The van der Waals surface area contributed by atoms with E-state index >= 15 is 0 Å². The molecule has 0 fully saturated rings. The van der Waals surface area contributed by atoms with Crippen LogP contribution in [0.2, 0.25) is 0 Å². The molecule has 0 aliphatic rings. The fourth-order valence-electron chi connectivity index (χ4n) is 0.850. The summed E-state index contributed by atoms with van der Waals surface area (Å²) in [4.78, 5) is 3.72. The fraction of sp³-hybridized carbons (Fsp3) is 0.667. The Hall–Kier alpha value is -1.31. The van der Waals surface area contributed by atoms with E-state index in [4.69, 9.17) is 0 Å². The van der Waals surface area contributed by atoms with Crippen LogP contribution < -0.4 is 9.46 Å². The number of rotatable bonds is 5. The van der Waals surface area contributed by atoms with E-state index in [1.165, 1.54) is 7.11 Å². The molecule has 0 radical (unpaired) electrons. The van der Waals surface area contributed by atoms with Gasteiger partial charge in [0.15, 0.2) is 0 Å². The van der Waals surface area contributed by atoms with E-state index in [2.05, 4.69) is 24.6 Å². The summed E-state index contributed by atoms with van der Waals surface area (Å²) >= 11 is 0. The molecule has 1 aromatic rings. The van der Waals surface area contributed by atoms with Gasteiger partial charge in [0.05, 0.1) is 12.9 Å². The predicted octanol–water partition coefficient (Wildman–Crippen LogP) is -0.0350. The van der Waals surface area contributed by atoms with Gasteiger partial charge in [-0.3, -0.25) is 4.72 Å². The molecule has 0 aromatic carbocycles. The van der Waals surface area contributed by atoms with Gasteiger partial charge >= 0.3 is 6.01 Å². The molecule has 80 valence electrons. The number of sulfonamides is 1. The van der Waals surface area contributed by atoms with Crippen LogP contribution in [0.3, 0.4) is 0 Å². The molecule has 0 bridgehead atoms. The molecule has 0 saturated heterocycles. The number of nitrogens with zero attached hydrogens (tertiary/aromatic N) is 2. The lowest BCUT2D eigenvalue weighted by molar-refractivity contribution is 0.382. The summed E-state index contributed by atoms with van der Waals surface area (Å²) < 4.78 is 29.4. The maximum absolute atomic E-state index is 11.3. The number of anilines is 1. The van der Waals surface area contributed by atoms with E-state index in [1.54, 1.807) is 6.92 Å². The second kappa shape index (κ2) is 4.27. The highest BCUT2D eigenvalue weighted by molar-refractivity contribution is 7.92. The molecule has 2 N–H and O–H groups in total. The molecule has 0 atom stereocenters. The first kappa shape index (κ1) is 10.8. The lowest BCUT2D eigenvalue weighted by Gasteiger charge is -2.01. The van der Waals surface area contributed by atoms with Crippen molar-refractivity contribution >= 4 is 16.0 Å². The second-order valence-corrected chi connectivity index (χ2v) is 4.43. The van der Waals surface area contributed by atoms with Crippen LogP contribution in [0.5, 0.6) is 6.01 Å². The van der Waals surface area contributed by atoms with Gasteiger partial charge in [0.1, 0.15) is 0 Å². The number of H-pyrrole nitrogens is 1. The molecule has 8 heteroatoms. The zero-order chi connectivity index (χ0) is 10.6. The van der Waals surface area contributed by atoms with Crippen molar-refractivity contribution in [1.82, 2.24) is 15.2 Å². The summed E-state index contributed by atoms with van der Waals surface area (Å²) in [5.41, 5.74) is 0. The van der Waals surface area contributed by atoms with E-state index in [-0.39, 0.29) is 17.7 Å². The van der Waals surface area contributed by atoms with Gasteiger partial charge in [0, 0.05) is 0 Å². The molecule has 0 saturated carbocycles. The zero-order valence-electron chi connectivity index (χ0n) is 7.94.